The van der Waals surface area contributed by atoms with Gasteiger partial charge in [-0.15, -0.1) is 0 Å². The molecule has 0 aliphatic carbocycles. The molecule has 0 N–H and O–H groups in total. The highest BCUT2D eigenvalue weighted by Gasteiger charge is 2.07. The van der Waals surface area contributed by atoms with Crippen LogP contribution in [0.3, 0.4) is 0 Å². The van der Waals surface area contributed by atoms with E-state index in [0.717, 1.165) is 38.8 Å². The van der Waals surface area contributed by atoms with Crippen molar-refractivity contribution in [3.63, 3.8) is 0 Å². The Labute approximate surface area is 172 Å². The molecule has 0 aliphatic rings. The van der Waals surface area contributed by atoms with E-state index in [2.05, 4.69) is 65.6 Å². The van der Waals surface area contributed by atoms with Crippen molar-refractivity contribution in [1.29, 1.82) is 0 Å². The number of unbranched alkanes of at least 4 members (excludes halogenated alkanes) is 9. The summed E-state index contributed by atoms with van der Waals surface area (Å²) < 4.78 is 0. The number of benzene rings is 2. The monoisotopic (exact) mass is 379 g/mol. The van der Waals surface area contributed by atoms with Gasteiger partial charge in [0.05, 0.1) is 0 Å². The van der Waals surface area contributed by atoms with E-state index in [1.807, 2.05) is 0 Å². The molecule has 0 saturated carbocycles. The Bertz CT molecular complexity index is 569. The normalized spacial score (nSPS) is 11.0. The summed E-state index contributed by atoms with van der Waals surface area (Å²) in [6.07, 6.45) is 13.3. The summed E-state index contributed by atoms with van der Waals surface area (Å²) in [7, 11) is 0. The van der Waals surface area contributed by atoms with E-state index in [9.17, 15) is 4.79 Å². The van der Waals surface area contributed by atoms with Crippen LogP contribution >= 0.6 is 0 Å². The lowest BCUT2D eigenvalue weighted by Gasteiger charge is -2.22. The zero-order valence-electron chi connectivity index (χ0n) is 17.4. The maximum absolute atomic E-state index is 10.3. The zero-order chi connectivity index (χ0) is 19.7. The third-order valence-electron chi connectivity index (χ3n) is 5.29. The molecule has 0 saturated heterocycles. The van der Waals surface area contributed by atoms with Gasteiger partial charge in [-0.25, -0.2) is 0 Å². The molecule has 0 radical (unpaired) electrons. The molecule has 2 heteroatoms. The minimum absolute atomic E-state index is 0.739. The Morgan fingerprint density at radius 2 is 1.00 bits per heavy atom. The van der Waals surface area contributed by atoms with Crippen molar-refractivity contribution in [1.82, 2.24) is 4.90 Å². The van der Waals surface area contributed by atoms with Gasteiger partial charge in [0, 0.05) is 19.5 Å². The summed E-state index contributed by atoms with van der Waals surface area (Å²) in [5, 5.41) is 0. The van der Waals surface area contributed by atoms with Gasteiger partial charge in [0.2, 0.25) is 0 Å². The minimum atomic E-state index is 0.739. The molecular weight excluding hydrogens is 342 g/mol. The summed E-state index contributed by atoms with van der Waals surface area (Å²) in [4.78, 5) is 12.9. The summed E-state index contributed by atoms with van der Waals surface area (Å²) in [5.74, 6) is 0. The molecule has 2 aromatic rings. The van der Waals surface area contributed by atoms with Crippen LogP contribution in [0.25, 0.3) is 0 Å². The average molecular weight is 380 g/mol. The second kappa shape index (κ2) is 15.0. The molecule has 2 aromatic carbocycles. The summed E-state index contributed by atoms with van der Waals surface area (Å²) in [5.41, 5.74) is 2.79. The quantitative estimate of drug-likeness (QED) is 0.236. The lowest BCUT2D eigenvalue weighted by Crippen LogP contribution is -2.24. The van der Waals surface area contributed by atoms with Gasteiger partial charge in [-0.05, 0) is 30.5 Å². The van der Waals surface area contributed by atoms with Crippen LogP contribution in [-0.2, 0) is 17.9 Å². The molecule has 0 heterocycles. The van der Waals surface area contributed by atoms with Crippen LogP contribution in [0, 0.1) is 0 Å². The highest BCUT2D eigenvalue weighted by Crippen LogP contribution is 2.14. The number of aldehydes is 1. The second-order valence-electron chi connectivity index (χ2n) is 7.82. The van der Waals surface area contributed by atoms with E-state index < -0.39 is 0 Å². The van der Waals surface area contributed by atoms with E-state index in [4.69, 9.17) is 0 Å². The molecular formula is C26H37NO. The number of carbonyl (C=O) groups excluding carboxylic acids is 1. The highest BCUT2D eigenvalue weighted by atomic mass is 16.1. The van der Waals surface area contributed by atoms with Gasteiger partial charge in [0.1, 0.15) is 6.29 Å². The van der Waals surface area contributed by atoms with Crippen molar-refractivity contribution in [3.05, 3.63) is 71.8 Å². The van der Waals surface area contributed by atoms with E-state index in [0.29, 0.717) is 0 Å². The number of hydrogen-bond donors (Lipinski definition) is 0. The topological polar surface area (TPSA) is 20.3 Å². The van der Waals surface area contributed by atoms with Crippen LogP contribution < -0.4 is 0 Å². The summed E-state index contributed by atoms with van der Waals surface area (Å²) >= 11 is 0. The summed E-state index contributed by atoms with van der Waals surface area (Å²) in [6, 6.07) is 21.6. The van der Waals surface area contributed by atoms with Crippen LogP contribution in [-0.4, -0.2) is 17.7 Å². The summed E-state index contributed by atoms with van der Waals surface area (Å²) in [6.45, 7) is 3.21. The third kappa shape index (κ3) is 10.4. The van der Waals surface area contributed by atoms with Crippen molar-refractivity contribution >= 4 is 6.29 Å². The Hall–Kier alpha value is -1.93. The lowest BCUT2D eigenvalue weighted by molar-refractivity contribution is -0.107. The van der Waals surface area contributed by atoms with Crippen LogP contribution in [0.4, 0.5) is 0 Å². The van der Waals surface area contributed by atoms with Crippen molar-refractivity contribution in [2.24, 2.45) is 0 Å². The maximum Gasteiger partial charge on any atom is 0.119 e. The number of nitrogens with zero attached hydrogens (tertiary/aromatic N) is 1. The molecule has 0 amide bonds. The Balaban J connectivity index is 1.63. The van der Waals surface area contributed by atoms with Crippen molar-refractivity contribution < 1.29 is 4.79 Å². The van der Waals surface area contributed by atoms with Gasteiger partial charge in [-0.2, -0.15) is 0 Å². The largest absolute Gasteiger partial charge is 0.303 e. The SMILES string of the molecule is O=CCCCCCCCCCCCN(Cc1ccccc1)Cc1ccccc1. The molecule has 2 nitrogen and oxygen atoms in total. The fourth-order valence-electron chi connectivity index (χ4n) is 3.70. The first-order valence-corrected chi connectivity index (χ1v) is 11.1. The molecule has 0 bridgehead atoms. The molecule has 152 valence electrons. The fraction of sp³-hybridized carbons (Fsp3) is 0.500. The maximum atomic E-state index is 10.3. The minimum Gasteiger partial charge on any atom is -0.303 e. The Kier molecular flexibility index (Phi) is 12.0. The number of hydrogen-bond acceptors (Lipinski definition) is 2. The molecule has 0 unspecified atom stereocenters. The zero-order valence-corrected chi connectivity index (χ0v) is 17.4. The van der Waals surface area contributed by atoms with Gasteiger partial charge in [-0.1, -0.05) is 106 Å². The van der Waals surface area contributed by atoms with Gasteiger partial charge >= 0.3 is 0 Å². The van der Waals surface area contributed by atoms with E-state index in [1.165, 1.54) is 62.5 Å². The standard InChI is InChI=1S/C26H37NO/c28-22-16-8-6-4-2-1-3-5-7-15-21-27(23-25-17-11-9-12-18-25)24-26-19-13-10-14-20-26/h9-14,17-20,22H,1-8,15-16,21,23-24H2. The van der Waals surface area contributed by atoms with E-state index in [1.54, 1.807) is 0 Å². The van der Waals surface area contributed by atoms with Crippen molar-refractivity contribution in [2.75, 3.05) is 6.54 Å². The van der Waals surface area contributed by atoms with E-state index >= 15 is 0 Å². The lowest BCUT2D eigenvalue weighted by atomic mass is 10.1. The van der Waals surface area contributed by atoms with Crippen LogP contribution in [0.15, 0.2) is 60.7 Å². The van der Waals surface area contributed by atoms with Gasteiger partial charge in [0.15, 0.2) is 0 Å². The van der Waals surface area contributed by atoms with Crippen LogP contribution in [0.2, 0.25) is 0 Å². The average Bonchev–Trinajstić information content (AvgIpc) is 2.73. The third-order valence-corrected chi connectivity index (χ3v) is 5.29. The molecule has 28 heavy (non-hydrogen) atoms. The molecule has 0 spiro atoms. The van der Waals surface area contributed by atoms with Crippen molar-refractivity contribution in [3.8, 4) is 0 Å². The van der Waals surface area contributed by atoms with E-state index in [-0.39, 0.29) is 0 Å². The number of rotatable bonds is 16. The van der Waals surface area contributed by atoms with Gasteiger partial charge in [-0.3, -0.25) is 4.90 Å². The highest BCUT2D eigenvalue weighted by molar-refractivity contribution is 5.48. The smallest absolute Gasteiger partial charge is 0.119 e. The predicted molar refractivity (Wildman–Crippen MR) is 119 cm³/mol. The molecule has 0 aliphatic heterocycles. The fourth-order valence-corrected chi connectivity index (χ4v) is 3.70. The Morgan fingerprint density at radius 1 is 0.571 bits per heavy atom. The molecule has 0 aromatic heterocycles. The predicted octanol–water partition coefficient (Wildman–Crippen LogP) is 6.79. The molecule has 0 atom stereocenters. The first kappa shape index (κ1) is 22.4. The number of carbonyl (C=O) groups is 1. The van der Waals surface area contributed by atoms with Crippen LogP contribution in [0.5, 0.6) is 0 Å². The van der Waals surface area contributed by atoms with Gasteiger partial charge in [0.25, 0.3) is 0 Å². The first-order valence-electron chi connectivity index (χ1n) is 11.1. The molecule has 2 rings (SSSR count). The Morgan fingerprint density at radius 3 is 1.46 bits per heavy atom. The first-order chi connectivity index (χ1) is 13.9. The molecule has 0 fully saturated rings. The van der Waals surface area contributed by atoms with Crippen LogP contribution in [0.1, 0.15) is 75.3 Å². The van der Waals surface area contributed by atoms with Gasteiger partial charge < -0.3 is 4.79 Å². The van der Waals surface area contributed by atoms with Crippen molar-refractivity contribution in [2.45, 2.75) is 77.3 Å². The second-order valence-corrected chi connectivity index (χ2v) is 7.82.